The monoisotopic (exact) mass is 454 g/mol. The summed E-state index contributed by atoms with van der Waals surface area (Å²) in [6, 6.07) is 22.8. The number of carbonyl (C=O) groups excluding carboxylic acids is 1. The van der Waals surface area contributed by atoms with Crippen LogP contribution in [0.2, 0.25) is 0 Å². The molecular formula is C28H30N4O2. The minimum atomic E-state index is 0.226. The fourth-order valence-electron chi connectivity index (χ4n) is 4.68. The SMILES string of the molecule is COc1cccc(-c2nc3ccc(-c4ccccc4)cn3c2CN2CCN(CC(C)=O)CC2)c1. The van der Waals surface area contributed by atoms with Crippen LogP contribution < -0.4 is 4.74 Å². The van der Waals surface area contributed by atoms with Crippen LogP contribution in [0.3, 0.4) is 0 Å². The molecule has 4 aromatic rings. The molecule has 1 fully saturated rings. The summed E-state index contributed by atoms with van der Waals surface area (Å²) in [4.78, 5) is 21.3. The van der Waals surface area contributed by atoms with Crippen LogP contribution >= 0.6 is 0 Å². The highest BCUT2D eigenvalue weighted by molar-refractivity contribution is 5.77. The highest BCUT2D eigenvalue weighted by Gasteiger charge is 2.22. The van der Waals surface area contributed by atoms with Crippen LogP contribution in [0, 0.1) is 0 Å². The Morgan fingerprint density at radius 3 is 2.35 bits per heavy atom. The number of ether oxygens (including phenoxy) is 1. The van der Waals surface area contributed by atoms with Gasteiger partial charge < -0.3 is 9.14 Å². The largest absolute Gasteiger partial charge is 0.497 e. The standard InChI is InChI=1S/C28H30N4O2/c1-21(33)18-30-13-15-31(16-14-30)20-26-28(23-9-6-10-25(17-23)34-2)29-27-12-11-24(19-32(26)27)22-7-4-3-5-8-22/h3-12,17,19H,13-16,18,20H2,1-2H3. The Labute approximate surface area is 200 Å². The Hall–Kier alpha value is -3.48. The van der Waals surface area contributed by atoms with Crippen molar-refractivity contribution in [3.63, 3.8) is 0 Å². The molecule has 0 unspecified atom stereocenters. The maximum atomic E-state index is 11.5. The number of ketones is 1. The topological polar surface area (TPSA) is 50.1 Å². The zero-order valence-corrected chi connectivity index (χ0v) is 19.8. The molecule has 6 heteroatoms. The predicted molar refractivity (Wildman–Crippen MR) is 135 cm³/mol. The lowest BCUT2D eigenvalue weighted by Gasteiger charge is -2.34. The molecule has 2 aromatic carbocycles. The Kier molecular flexibility index (Phi) is 6.43. The second-order valence-electron chi connectivity index (χ2n) is 8.91. The molecule has 34 heavy (non-hydrogen) atoms. The van der Waals surface area contributed by atoms with Gasteiger partial charge in [-0.3, -0.25) is 14.6 Å². The maximum Gasteiger partial charge on any atom is 0.143 e. The number of imidazole rings is 1. The molecule has 5 rings (SSSR count). The van der Waals surface area contributed by atoms with Gasteiger partial charge in [-0.15, -0.1) is 0 Å². The minimum Gasteiger partial charge on any atom is -0.497 e. The lowest BCUT2D eigenvalue weighted by molar-refractivity contribution is -0.118. The first-order valence-electron chi connectivity index (χ1n) is 11.8. The van der Waals surface area contributed by atoms with E-state index in [-0.39, 0.29) is 5.78 Å². The van der Waals surface area contributed by atoms with Crippen molar-refractivity contribution in [2.75, 3.05) is 39.8 Å². The maximum absolute atomic E-state index is 11.5. The number of hydrogen-bond donors (Lipinski definition) is 0. The van der Waals surface area contributed by atoms with Crippen molar-refractivity contribution in [2.45, 2.75) is 13.5 Å². The number of hydrogen-bond acceptors (Lipinski definition) is 5. The highest BCUT2D eigenvalue weighted by Crippen LogP contribution is 2.30. The van der Waals surface area contributed by atoms with Gasteiger partial charge in [0.15, 0.2) is 0 Å². The van der Waals surface area contributed by atoms with Crippen LogP contribution in [0.15, 0.2) is 72.9 Å². The third-order valence-electron chi connectivity index (χ3n) is 6.45. The molecule has 1 saturated heterocycles. The molecular weight excluding hydrogens is 424 g/mol. The van der Waals surface area contributed by atoms with Crippen LogP contribution in [0.1, 0.15) is 12.6 Å². The molecule has 0 N–H and O–H groups in total. The van der Waals surface area contributed by atoms with E-state index < -0.39 is 0 Å². The Morgan fingerprint density at radius 2 is 1.62 bits per heavy atom. The van der Waals surface area contributed by atoms with Gasteiger partial charge in [0.1, 0.15) is 17.2 Å². The molecule has 3 heterocycles. The second kappa shape index (κ2) is 9.79. The van der Waals surface area contributed by atoms with E-state index >= 15 is 0 Å². The summed E-state index contributed by atoms with van der Waals surface area (Å²) in [6.07, 6.45) is 2.20. The zero-order chi connectivity index (χ0) is 23.5. The van der Waals surface area contributed by atoms with Gasteiger partial charge in [0.2, 0.25) is 0 Å². The van der Waals surface area contributed by atoms with Gasteiger partial charge in [0.05, 0.1) is 25.0 Å². The quantitative estimate of drug-likeness (QED) is 0.415. The number of piperazine rings is 1. The third kappa shape index (κ3) is 4.74. The molecule has 174 valence electrons. The first-order valence-corrected chi connectivity index (χ1v) is 11.8. The number of pyridine rings is 1. The molecule has 6 nitrogen and oxygen atoms in total. The van der Waals surface area contributed by atoms with E-state index in [2.05, 4.69) is 62.9 Å². The van der Waals surface area contributed by atoms with Crippen molar-refractivity contribution >= 4 is 11.4 Å². The van der Waals surface area contributed by atoms with Gasteiger partial charge in [-0.2, -0.15) is 0 Å². The van der Waals surface area contributed by atoms with E-state index in [0.717, 1.165) is 60.9 Å². The van der Waals surface area contributed by atoms with Crippen molar-refractivity contribution < 1.29 is 9.53 Å². The lowest BCUT2D eigenvalue weighted by Crippen LogP contribution is -2.47. The van der Waals surface area contributed by atoms with Gasteiger partial charge in [0.25, 0.3) is 0 Å². The number of methoxy groups -OCH3 is 1. The van der Waals surface area contributed by atoms with Gasteiger partial charge in [0, 0.05) is 44.5 Å². The third-order valence-corrected chi connectivity index (χ3v) is 6.45. The van der Waals surface area contributed by atoms with E-state index in [4.69, 9.17) is 9.72 Å². The summed E-state index contributed by atoms with van der Waals surface area (Å²) in [5.41, 5.74) is 6.48. The molecule has 0 amide bonds. The van der Waals surface area contributed by atoms with Crippen LogP contribution in [-0.4, -0.2) is 64.8 Å². The van der Waals surface area contributed by atoms with Crippen LogP contribution in [0.4, 0.5) is 0 Å². The van der Waals surface area contributed by atoms with E-state index in [0.29, 0.717) is 6.54 Å². The fraction of sp³-hybridized carbons (Fsp3) is 0.286. The Morgan fingerprint density at radius 1 is 0.882 bits per heavy atom. The average molecular weight is 455 g/mol. The smallest absolute Gasteiger partial charge is 0.143 e. The molecule has 0 bridgehead atoms. The predicted octanol–water partition coefficient (Wildman–Crippen LogP) is 4.38. The molecule has 1 aliphatic rings. The molecule has 0 saturated carbocycles. The molecule has 1 aliphatic heterocycles. The van der Waals surface area contributed by atoms with Crippen LogP contribution in [-0.2, 0) is 11.3 Å². The summed E-state index contributed by atoms with van der Waals surface area (Å²) >= 11 is 0. The number of fused-ring (bicyclic) bond motifs is 1. The number of nitrogens with zero attached hydrogens (tertiary/aromatic N) is 4. The zero-order valence-electron chi connectivity index (χ0n) is 19.8. The first-order chi connectivity index (χ1) is 16.6. The van der Waals surface area contributed by atoms with Gasteiger partial charge in [-0.1, -0.05) is 42.5 Å². The number of rotatable bonds is 7. The van der Waals surface area contributed by atoms with Crippen molar-refractivity contribution in [3.05, 3.63) is 78.6 Å². The van der Waals surface area contributed by atoms with E-state index in [1.54, 1.807) is 14.0 Å². The Bertz CT molecular complexity index is 1290. The fourth-order valence-corrected chi connectivity index (χ4v) is 4.68. The second-order valence-corrected chi connectivity index (χ2v) is 8.91. The minimum absolute atomic E-state index is 0.226. The molecule has 2 aromatic heterocycles. The van der Waals surface area contributed by atoms with Crippen molar-refractivity contribution in [3.8, 4) is 28.1 Å². The summed E-state index contributed by atoms with van der Waals surface area (Å²) in [5, 5.41) is 0. The highest BCUT2D eigenvalue weighted by atomic mass is 16.5. The molecule has 0 spiro atoms. The van der Waals surface area contributed by atoms with E-state index in [1.807, 2.05) is 24.3 Å². The van der Waals surface area contributed by atoms with Crippen LogP contribution in [0.5, 0.6) is 5.75 Å². The number of benzene rings is 2. The van der Waals surface area contributed by atoms with Gasteiger partial charge >= 0.3 is 0 Å². The Balaban J connectivity index is 1.53. The summed E-state index contributed by atoms with van der Waals surface area (Å²) in [5.74, 6) is 1.05. The van der Waals surface area contributed by atoms with Crippen molar-refractivity contribution in [1.82, 2.24) is 19.2 Å². The average Bonchev–Trinajstić information content (AvgIpc) is 3.23. The normalized spacial score (nSPS) is 15.0. The van der Waals surface area contributed by atoms with Crippen LogP contribution in [0.25, 0.3) is 28.0 Å². The molecule has 0 radical (unpaired) electrons. The summed E-state index contributed by atoms with van der Waals surface area (Å²) in [6.45, 7) is 6.65. The van der Waals surface area contributed by atoms with E-state index in [9.17, 15) is 4.79 Å². The van der Waals surface area contributed by atoms with Crippen molar-refractivity contribution in [2.24, 2.45) is 0 Å². The number of aromatic nitrogens is 2. The number of Topliss-reactive ketones (excluding diaryl/α,β-unsaturated/α-hetero) is 1. The summed E-state index contributed by atoms with van der Waals surface area (Å²) in [7, 11) is 1.69. The summed E-state index contributed by atoms with van der Waals surface area (Å²) < 4.78 is 7.72. The molecule has 0 atom stereocenters. The van der Waals surface area contributed by atoms with E-state index in [1.165, 1.54) is 11.3 Å². The molecule has 0 aliphatic carbocycles. The van der Waals surface area contributed by atoms with Gasteiger partial charge in [-0.05, 0) is 42.3 Å². The lowest BCUT2D eigenvalue weighted by atomic mass is 10.1. The van der Waals surface area contributed by atoms with Gasteiger partial charge in [-0.25, -0.2) is 4.98 Å². The number of carbonyl (C=O) groups is 1. The van der Waals surface area contributed by atoms with Crippen molar-refractivity contribution in [1.29, 1.82) is 0 Å². The first kappa shape index (κ1) is 22.3.